The molecular formula is C23H25N5O2. The van der Waals surface area contributed by atoms with Gasteiger partial charge in [-0.15, -0.1) is 0 Å². The quantitative estimate of drug-likeness (QED) is 0.584. The van der Waals surface area contributed by atoms with Gasteiger partial charge in [0.05, 0.1) is 12.1 Å². The second-order valence-corrected chi connectivity index (χ2v) is 8.12. The molecule has 7 nitrogen and oxygen atoms in total. The zero-order chi connectivity index (χ0) is 21.3. The maximum absolute atomic E-state index is 12.5. The summed E-state index contributed by atoms with van der Waals surface area (Å²) in [5, 5.41) is 7.20. The van der Waals surface area contributed by atoms with Crippen molar-refractivity contribution in [2.75, 3.05) is 12.4 Å². The summed E-state index contributed by atoms with van der Waals surface area (Å²) < 4.78 is 0. The van der Waals surface area contributed by atoms with Crippen LogP contribution in [0.1, 0.15) is 30.7 Å². The molecule has 0 saturated carbocycles. The number of H-pyrrole nitrogens is 1. The molecule has 0 spiro atoms. The fourth-order valence-electron chi connectivity index (χ4n) is 3.37. The van der Waals surface area contributed by atoms with Crippen LogP contribution in [0.15, 0.2) is 48.7 Å². The molecule has 3 N–H and O–H groups in total. The van der Waals surface area contributed by atoms with Crippen LogP contribution in [0, 0.1) is 0 Å². The summed E-state index contributed by atoms with van der Waals surface area (Å²) in [7, 11) is 1.77. The van der Waals surface area contributed by atoms with E-state index in [0.717, 1.165) is 27.7 Å². The molecule has 0 unspecified atom stereocenters. The molecule has 0 radical (unpaired) electrons. The maximum atomic E-state index is 12.5. The minimum Gasteiger partial charge on any atom is -0.357 e. The van der Waals surface area contributed by atoms with Gasteiger partial charge in [-0.3, -0.25) is 14.9 Å². The van der Waals surface area contributed by atoms with E-state index in [0.29, 0.717) is 18.9 Å². The number of aromatic nitrogens is 2. The third-order valence-electron chi connectivity index (χ3n) is 5.30. The summed E-state index contributed by atoms with van der Waals surface area (Å²) in [6.45, 7) is 4.67. The summed E-state index contributed by atoms with van der Waals surface area (Å²) in [6, 6.07) is 12.0. The fourth-order valence-corrected chi connectivity index (χ4v) is 3.37. The zero-order valence-corrected chi connectivity index (χ0v) is 17.3. The van der Waals surface area contributed by atoms with Crippen LogP contribution in [0.25, 0.3) is 17.0 Å². The number of rotatable bonds is 4. The highest BCUT2D eigenvalue weighted by atomic mass is 16.2. The standard InChI is InChI=1S/C23H25N5O2/c1-23(2)22(30)27-21-17(13-25-23)10-15(12-24-21)8-9-20(29)28(3)14-18-11-16-6-4-5-7-19(16)26-18/h4-12,25-26H,13-14H2,1-3H3,(H,24,27,30)/b9-8+. The molecule has 7 heteroatoms. The first-order valence-electron chi connectivity index (χ1n) is 9.87. The van der Waals surface area contributed by atoms with Crippen LogP contribution in [-0.4, -0.2) is 39.3 Å². The summed E-state index contributed by atoms with van der Waals surface area (Å²) in [6.07, 6.45) is 4.94. The third kappa shape index (κ3) is 4.11. The van der Waals surface area contributed by atoms with Crippen LogP contribution < -0.4 is 10.6 Å². The summed E-state index contributed by atoms with van der Waals surface area (Å²) in [4.78, 5) is 34.1. The number of anilines is 1. The number of hydrogen-bond acceptors (Lipinski definition) is 4. The van der Waals surface area contributed by atoms with Gasteiger partial charge >= 0.3 is 0 Å². The molecule has 1 aliphatic heterocycles. The lowest BCUT2D eigenvalue weighted by Crippen LogP contribution is -2.47. The Morgan fingerprint density at radius 2 is 2.07 bits per heavy atom. The summed E-state index contributed by atoms with van der Waals surface area (Å²) in [5.74, 6) is 0.333. The lowest BCUT2D eigenvalue weighted by molar-refractivity contribution is -0.125. The number of likely N-dealkylation sites (N-methyl/N-ethyl adjacent to an activating group) is 1. The van der Waals surface area contributed by atoms with E-state index in [4.69, 9.17) is 0 Å². The normalized spacial score (nSPS) is 15.6. The van der Waals surface area contributed by atoms with Crippen molar-refractivity contribution < 1.29 is 9.59 Å². The number of nitrogens with one attached hydrogen (secondary N) is 3. The second-order valence-electron chi connectivity index (χ2n) is 8.12. The number of aromatic amines is 1. The maximum Gasteiger partial charge on any atom is 0.246 e. The highest BCUT2D eigenvalue weighted by molar-refractivity contribution is 5.98. The van der Waals surface area contributed by atoms with Gasteiger partial charge in [0.25, 0.3) is 0 Å². The van der Waals surface area contributed by atoms with E-state index in [1.165, 1.54) is 0 Å². The van der Waals surface area contributed by atoms with Crippen LogP contribution in [0.3, 0.4) is 0 Å². The molecule has 1 aliphatic rings. The van der Waals surface area contributed by atoms with Gasteiger partial charge in [-0.05, 0) is 49.1 Å². The van der Waals surface area contributed by atoms with E-state index < -0.39 is 5.54 Å². The largest absolute Gasteiger partial charge is 0.357 e. The van der Waals surface area contributed by atoms with E-state index in [1.807, 2.05) is 44.2 Å². The molecule has 3 heterocycles. The number of hydrogen-bond donors (Lipinski definition) is 3. The number of amides is 2. The highest BCUT2D eigenvalue weighted by Crippen LogP contribution is 2.21. The Balaban J connectivity index is 1.43. The van der Waals surface area contributed by atoms with Gasteiger partial charge in [0.2, 0.25) is 11.8 Å². The van der Waals surface area contributed by atoms with Gasteiger partial charge in [-0.2, -0.15) is 0 Å². The molecule has 0 bridgehead atoms. The molecule has 154 valence electrons. The van der Waals surface area contributed by atoms with Gasteiger partial charge < -0.3 is 15.2 Å². The van der Waals surface area contributed by atoms with E-state index >= 15 is 0 Å². The van der Waals surface area contributed by atoms with Gasteiger partial charge in [0, 0.05) is 42.6 Å². The fraction of sp³-hybridized carbons (Fsp3) is 0.261. The molecule has 0 fully saturated rings. The Labute approximate surface area is 175 Å². The van der Waals surface area contributed by atoms with Crippen LogP contribution in [0.4, 0.5) is 5.82 Å². The molecule has 0 aliphatic carbocycles. The lowest BCUT2D eigenvalue weighted by atomic mass is 10.1. The summed E-state index contributed by atoms with van der Waals surface area (Å²) in [5.41, 5.74) is 3.06. The monoisotopic (exact) mass is 403 g/mol. The number of para-hydroxylation sites is 1. The molecule has 2 amide bonds. The zero-order valence-electron chi connectivity index (χ0n) is 17.3. The van der Waals surface area contributed by atoms with Gasteiger partial charge in [-0.1, -0.05) is 18.2 Å². The minimum absolute atomic E-state index is 0.101. The van der Waals surface area contributed by atoms with Crippen molar-refractivity contribution in [3.05, 3.63) is 65.5 Å². The predicted octanol–water partition coefficient (Wildman–Crippen LogP) is 3.06. The molecule has 0 saturated heterocycles. The van der Waals surface area contributed by atoms with Crippen molar-refractivity contribution in [2.24, 2.45) is 0 Å². The highest BCUT2D eigenvalue weighted by Gasteiger charge is 2.30. The van der Waals surface area contributed by atoms with Crippen molar-refractivity contribution in [3.63, 3.8) is 0 Å². The van der Waals surface area contributed by atoms with Gasteiger partial charge in [0.1, 0.15) is 5.82 Å². The predicted molar refractivity (Wildman–Crippen MR) is 118 cm³/mol. The Morgan fingerprint density at radius 3 is 2.87 bits per heavy atom. The molecule has 1 aromatic carbocycles. The van der Waals surface area contributed by atoms with Crippen molar-refractivity contribution in [2.45, 2.75) is 32.5 Å². The van der Waals surface area contributed by atoms with Crippen LogP contribution in [0.2, 0.25) is 0 Å². The van der Waals surface area contributed by atoms with E-state index in [1.54, 1.807) is 30.3 Å². The topological polar surface area (TPSA) is 90.1 Å². The molecule has 2 aromatic heterocycles. The van der Waals surface area contributed by atoms with E-state index in [-0.39, 0.29) is 11.8 Å². The third-order valence-corrected chi connectivity index (χ3v) is 5.30. The van der Waals surface area contributed by atoms with E-state index in [2.05, 4.69) is 26.7 Å². The van der Waals surface area contributed by atoms with Gasteiger partial charge in [0.15, 0.2) is 0 Å². The second kappa shape index (κ2) is 7.76. The Kier molecular flexibility index (Phi) is 5.13. The number of benzene rings is 1. The van der Waals surface area contributed by atoms with Crippen molar-refractivity contribution in [1.82, 2.24) is 20.2 Å². The molecule has 4 rings (SSSR count). The smallest absolute Gasteiger partial charge is 0.246 e. The van der Waals surface area contributed by atoms with Crippen LogP contribution in [-0.2, 0) is 22.7 Å². The number of pyridine rings is 1. The minimum atomic E-state index is -0.669. The van der Waals surface area contributed by atoms with Gasteiger partial charge in [-0.25, -0.2) is 4.98 Å². The van der Waals surface area contributed by atoms with Crippen LogP contribution in [0.5, 0.6) is 0 Å². The summed E-state index contributed by atoms with van der Waals surface area (Å²) >= 11 is 0. The first kappa shape index (κ1) is 19.8. The molecule has 30 heavy (non-hydrogen) atoms. The Bertz CT molecular complexity index is 1110. The first-order valence-corrected chi connectivity index (χ1v) is 9.87. The average Bonchev–Trinajstić information content (AvgIpc) is 3.08. The molecule has 3 aromatic rings. The SMILES string of the molecule is CN(Cc1cc2ccccc2[nH]1)C(=O)/C=C/c1cnc2c(c1)CNC(C)(C)C(=O)N2. The Hall–Kier alpha value is -3.45. The number of fused-ring (bicyclic) bond motifs is 2. The van der Waals surface area contributed by atoms with Crippen molar-refractivity contribution in [1.29, 1.82) is 0 Å². The van der Waals surface area contributed by atoms with Crippen LogP contribution >= 0.6 is 0 Å². The average molecular weight is 403 g/mol. The van der Waals surface area contributed by atoms with Crippen molar-refractivity contribution in [3.8, 4) is 0 Å². The number of carbonyl (C=O) groups excluding carboxylic acids is 2. The lowest BCUT2D eigenvalue weighted by Gasteiger charge is -2.21. The first-order chi connectivity index (χ1) is 14.3. The van der Waals surface area contributed by atoms with E-state index in [9.17, 15) is 9.59 Å². The number of nitrogens with zero attached hydrogens (tertiary/aromatic N) is 2. The number of carbonyl (C=O) groups is 2. The Morgan fingerprint density at radius 1 is 1.27 bits per heavy atom. The van der Waals surface area contributed by atoms with Crippen molar-refractivity contribution >= 4 is 34.6 Å². The molecule has 0 atom stereocenters. The molecular weight excluding hydrogens is 378 g/mol.